The first-order valence-electron chi connectivity index (χ1n) is 7.74. The van der Waals surface area contributed by atoms with Crippen LogP contribution in [-0.2, 0) is 6.42 Å². The Bertz CT molecular complexity index is 635. The molecule has 1 fully saturated rings. The fourth-order valence-corrected chi connectivity index (χ4v) is 3.45. The lowest BCUT2D eigenvalue weighted by molar-refractivity contribution is 0.314. The van der Waals surface area contributed by atoms with Crippen molar-refractivity contribution in [2.45, 2.75) is 26.7 Å². The van der Waals surface area contributed by atoms with Crippen LogP contribution in [0.15, 0.2) is 18.3 Å². The molecule has 21 heavy (non-hydrogen) atoms. The highest BCUT2D eigenvalue weighted by Gasteiger charge is 2.33. The summed E-state index contributed by atoms with van der Waals surface area (Å²) >= 11 is 0. The van der Waals surface area contributed by atoms with Crippen molar-refractivity contribution >= 4 is 11.5 Å². The van der Waals surface area contributed by atoms with Gasteiger partial charge in [-0.05, 0) is 31.8 Å². The number of anilines is 1. The molecule has 0 aromatic carbocycles. The van der Waals surface area contributed by atoms with E-state index in [-0.39, 0.29) is 0 Å². The minimum absolute atomic E-state index is 0.346. The highest BCUT2D eigenvalue weighted by atomic mass is 15.3. The summed E-state index contributed by atoms with van der Waals surface area (Å²) in [4.78, 5) is 9.37. The zero-order valence-corrected chi connectivity index (χ0v) is 13.5. The second-order valence-electron chi connectivity index (χ2n) is 6.71. The normalized spacial score (nSPS) is 23.0. The molecular formula is C16H25N5. The maximum atomic E-state index is 4.62. The summed E-state index contributed by atoms with van der Waals surface area (Å²) in [6, 6.07) is 4.14. The highest BCUT2D eigenvalue weighted by molar-refractivity contribution is 5.50. The van der Waals surface area contributed by atoms with Crippen molar-refractivity contribution in [3.8, 4) is 0 Å². The Labute approximate surface area is 126 Å². The summed E-state index contributed by atoms with van der Waals surface area (Å²) in [7, 11) is 4.37. The molecule has 3 heterocycles. The molecule has 0 amide bonds. The molecule has 114 valence electrons. The Hall–Kier alpha value is -1.62. The molecule has 0 spiro atoms. The van der Waals surface area contributed by atoms with Gasteiger partial charge in [0.05, 0.1) is 6.20 Å². The van der Waals surface area contributed by atoms with E-state index >= 15 is 0 Å². The van der Waals surface area contributed by atoms with E-state index in [4.69, 9.17) is 0 Å². The second kappa shape index (κ2) is 5.30. The maximum Gasteiger partial charge on any atom is 0.157 e. The van der Waals surface area contributed by atoms with Crippen molar-refractivity contribution in [1.29, 1.82) is 0 Å². The van der Waals surface area contributed by atoms with Gasteiger partial charge in [0, 0.05) is 38.0 Å². The molecule has 2 aromatic heterocycles. The number of fused-ring (bicyclic) bond motifs is 1. The molecule has 0 saturated carbocycles. The van der Waals surface area contributed by atoms with Gasteiger partial charge >= 0.3 is 0 Å². The summed E-state index contributed by atoms with van der Waals surface area (Å²) in [6.07, 6.45) is 4.02. The van der Waals surface area contributed by atoms with Gasteiger partial charge < -0.3 is 9.80 Å². The van der Waals surface area contributed by atoms with Crippen LogP contribution in [0.5, 0.6) is 0 Å². The minimum atomic E-state index is 0.346. The van der Waals surface area contributed by atoms with Crippen LogP contribution in [0.3, 0.4) is 0 Å². The molecule has 0 unspecified atom stereocenters. The van der Waals surface area contributed by atoms with Crippen molar-refractivity contribution in [1.82, 2.24) is 19.5 Å². The third-order valence-electron chi connectivity index (χ3n) is 4.51. The molecule has 5 heteroatoms. The van der Waals surface area contributed by atoms with E-state index in [1.807, 2.05) is 16.8 Å². The van der Waals surface area contributed by atoms with Crippen LogP contribution in [0.2, 0.25) is 0 Å². The van der Waals surface area contributed by atoms with E-state index in [9.17, 15) is 0 Å². The van der Waals surface area contributed by atoms with Gasteiger partial charge in [0.1, 0.15) is 5.82 Å². The first-order chi connectivity index (χ1) is 10.0. The maximum absolute atomic E-state index is 4.62. The third-order valence-corrected chi connectivity index (χ3v) is 4.51. The monoisotopic (exact) mass is 287 g/mol. The van der Waals surface area contributed by atoms with Gasteiger partial charge in [0.2, 0.25) is 0 Å². The standard InChI is InChI=1S/C16H25N5/c1-5-13-10-15(21-14(18-13)6-8-17-21)20(4)12-16(2)7-9-19(3)11-16/h6,8,10H,5,7,9,11-12H2,1-4H3/t16-/m1/s1. The van der Waals surface area contributed by atoms with Gasteiger partial charge in [-0.2, -0.15) is 9.61 Å². The van der Waals surface area contributed by atoms with Crippen molar-refractivity contribution in [2.24, 2.45) is 5.41 Å². The molecule has 1 aliphatic rings. The van der Waals surface area contributed by atoms with Crippen LogP contribution in [-0.4, -0.2) is 53.2 Å². The van der Waals surface area contributed by atoms with Gasteiger partial charge in [0.25, 0.3) is 0 Å². The van der Waals surface area contributed by atoms with Gasteiger partial charge in [-0.15, -0.1) is 0 Å². The first-order valence-corrected chi connectivity index (χ1v) is 7.74. The number of hydrogen-bond acceptors (Lipinski definition) is 4. The number of aromatic nitrogens is 3. The van der Waals surface area contributed by atoms with Crippen LogP contribution in [0, 0.1) is 5.41 Å². The first kappa shape index (κ1) is 14.3. The lowest BCUT2D eigenvalue weighted by Crippen LogP contribution is -2.36. The predicted molar refractivity (Wildman–Crippen MR) is 85.9 cm³/mol. The molecule has 5 nitrogen and oxygen atoms in total. The van der Waals surface area contributed by atoms with Crippen LogP contribution >= 0.6 is 0 Å². The number of rotatable bonds is 4. The summed E-state index contributed by atoms with van der Waals surface area (Å²) < 4.78 is 1.95. The Morgan fingerprint density at radius 2 is 2.24 bits per heavy atom. The Morgan fingerprint density at radius 1 is 1.43 bits per heavy atom. The molecular weight excluding hydrogens is 262 g/mol. The van der Waals surface area contributed by atoms with E-state index in [1.165, 1.54) is 13.0 Å². The van der Waals surface area contributed by atoms with E-state index < -0.39 is 0 Å². The molecule has 0 bridgehead atoms. The fourth-order valence-electron chi connectivity index (χ4n) is 3.45. The average Bonchev–Trinajstić information content (AvgIpc) is 3.03. The molecule has 0 aliphatic carbocycles. The summed E-state index contributed by atoms with van der Waals surface area (Å²) in [6.45, 7) is 7.92. The molecule has 0 N–H and O–H groups in total. The van der Waals surface area contributed by atoms with Gasteiger partial charge in [-0.25, -0.2) is 4.98 Å². The molecule has 1 saturated heterocycles. The van der Waals surface area contributed by atoms with E-state index in [1.54, 1.807) is 0 Å². The molecule has 2 aromatic rings. The van der Waals surface area contributed by atoms with Crippen LogP contribution < -0.4 is 4.90 Å². The van der Waals surface area contributed by atoms with Crippen molar-refractivity contribution < 1.29 is 0 Å². The van der Waals surface area contributed by atoms with E-state index in [0.717, 1.165) is 36.7 Å². The van der Waals surface area contributed by atoms with Crippen LogP contribution in [0.1, 0.15) is 26.0 Å². The summed E-state index contributed by atoms with van der Waals surface area (Å²) in [5.41, 5.74) is 2.40. The zero-order valence-electron chi connectivity index (χ0n) is 13.5. The zero-order chi connectivity index (χ0) is 15.0. The van der Waals surface area contributed by atoms with E-state index in [0.29, 0.717) is 5.41 Å². The minimum Gasteiger partial charge on any atom is -0.359 e. The topological polar surface area (TPSA) is 36.7 Å². The Kier molecular flexibility index (Phi) is 3.61. The summed E-state index contributed by atoms with van der Waals surface area (Å²) in [5, 5.41) is 4.43. The molecule has 1 atom stereocenters. The SMILES string of the molecule is CCc1cc(N(C)C[C@]2(C)CCN(C)C2)n2nccc2n1. The number of nitrogens with zero attached hydrogens (tertiary/aromatic N) is 5. The largest absolute Gasteiger partial charge is 0.359 e. The lowest BCUT2D eigenvalue weighted by atomic mass is 9.89. The molecule has 3 rings (SSSR count). The quantitative estimate of drug-likeness (QED) is 0.862. The summed E-state index contributed by atoms with van der Waals surface area (Å²) in [5.74, 6) is 1.14. The third kappa shape index (κ3) is 2.75. The van der Waals surface area contributed by atoms with Crippen molar-refractivity contribution in [3.05, 3.63) is 24.0 Å². The van der Waals surface area contributed by atoms with Crippen LogP contribution in [0.4, 0.5) is 5.82 Å². The number of likely N-dealkylation sites (tertiary alicyclic amines) is 1. The number of aryl methyl sites for hydroxylation is 1. The average molecular weight is 287 g/mol. The molecule has 1 aliphatic heterocycles. The van der Waals surface area contributed by atoms with Crippen LogP contribution in [0.25, 0.3) is 5.65 Å². The van der Waals surface area contributed by atoms with Gasteiger partial charge in [0.15, 0.2) is 5.65 Å². The van der Waals surface area contributed by atoms with Crippen molar-refractivity contribution in [3.63, 3.8) is 0 Å². The second-order valence-corrected chi connectivity index (χ2v) is 6.71. The van der Waals surface area contributed by atoms with Crippen molar-refractivity contribution in [2.75, 3.05) is 38.6 Å². The van der Waals surface area contributed by atoms with Gasteiger partial charge in [-0.1, -0.05) is 13.8 Å². The van der Waals surface area contributed by atoms with Gasteiger partial charge in [-0.3, -0.25) is 0 Å². The smallest absolute Gasteiger partial charge is 0.157 e. The fraction of sp³-hybridized carbons (Fsp3) is 0.625. The lowest BCUT2D eigenvalue weighted by Gasteiger charge is -2.31. The Morgan fingerprint density at radius 3 is 2.90 bits per heavy atom. The number of hydrogen-bond donors (Lipinski definition) is 0. The highest BCUT2D eigenvalue weighted by Crippen LogP contribution is 2.31. The predicted octanol–water partition coefficient (Wildman–Crippen LogP) is 2.07. The Balaban J connectivity index is 1.90. The molecule has 0 radical (unpaired) electrons. The van der Waals surface area contributed by atoms with E-state index in [2.05, 4.69) is 53.9 Å².